The molecule has 0 radical (unpaired) electrons. The number of carbonyl (C=O) groups excluding carboxylic acids is 1. The molecule has 9 heteroatoms. The first kappa shape index (κ1) is 25.1. The smallest absolute Gasteiger partial charge is 0.233 e. The van der Waals surface area contributed by atoms with Crippen molar-refractivity contribution in [1.29, 1.82) is 0 Å². The molecule has 1 saturated heterocycles. The van der Waals surface area contributed by atoms with Crippen molar-refractivity contribution < 1.29 is 13.9 Å². The zero-order valence-electron chi connectivity index (χ0n) is 20.0. The van der Waals surface area contributed by atoms with Crippen LogP contribution in [0.3, 0.4) is 0 Å². The van der Waals surface area contributed by atoms with E-state index in [0.717, 1.165) is 55.3 Å². The molecule has 35 heavy (non-hydrogen) atoms. The molecule has 1 amide bonds. The Morgan fingerprint density at radius 3 is 2.57 bits per heavy atom. The second-order valence-electron chi connectivity index (χ2n) is 8.27. The van der Waals surface area contributed by atoms with Gasteiger partial charge in [0.25, 0.3) is 0 Å². The van der Waals surface area contributed by atoms with Gasteiger partial charge in [-0.25, -0.2) is 9.38 Å². The van der Waals surface area contributed by atoms with Gasteiger partial charge in [0.1, 0.15) is 5.82 Å². The predicted octanol–water partition coefficient (Wildman–Crippen LogP) is 3.54. The molecule has 7 nitrogen and oxygen atoms in total. The lowest BCUT2D eigenvalue weighted by Gasteiger charge is -2.28. The minimum Gasteiger partial charge on any atom is -0.378 e. The summed E-state index contributed by atoms with van der Waals surface area (Å²) in [5.41, 5.74) is 4.08. The molecule has 1 fully saturated rings. The number of hydrogen-bond donors (Lipinski definition) is 2. The van der Waals surface area contributed by atoms with E-state index in [4.69, 9.17) is 9.73 Å². The Morgan fingerprint density at radius 2 is 1.86 bits per heavy atom. The molecule has 3 aromatic rings. The van der Waals surface area contributed by atoms with Crippen LogP contribution in [0.15, 0.2) is 58.9 Å². The molecule has 0 spiro atoms. The van der Waals surface area contributed by atoms with Crippen molar-refractivity contribution in [3.05, 3.63) is 64.5 Å². The maximum Gasteiger partial charge on any atom is 0.233 e. The summed E-state index contributed by atoms with van der Waals surface area (Å²) in [6.45, 7) is 7.66. The van der Waals surface area contributed by atoms with Gasteiger partial charge in [-0.15, -0.1) is 11.3 Å². The number of thiazole rings is 1. The molecule has 2 N–H and O–H groups in total. The maximum absolute atomic E-state index is 13.4. The van der Waals surface area contributed by atoms with Crippen molar-refractivity contribution in [2.75, 3.05) is 50.8 Å². The topological polar surface area (TPSA) is 70.9 Å². The van der Waals surface area contributed by atoms with Gasteiger partial charge < -0.3 is 24.8 Å². The maximum atomic E-state index is 13.4. The molecular formula is C26H32FN5O2S. The summed E-state index contributed by atoms with van der Waals surface area (Å²) in [5, 5.41) is 8.10. The van der Waals surface area contributed by atoms with Gasteiger partial charge in [0.05, 0.1) is 31.1 Å². The number of aromatic nitrogens is 1. The van der Waals surface area contributed by atoms with Crippen molar-refractivity contribution in [1.82, 2.24) is 15.2 Å². The van der Waals surface area contributed by atoms with E-state index in [0.29, 0.717) is 25.3 Å². The Bertz CT molecular complexity index is 1150. The number of nitrogens with zero attached hydrogens (tertiary/aromatic N) is 3. The molecule has 2 heterocycles. The van der Waals surface area contributed by atoms with E-state index in [1.165, 1.54) is 17.8 Å². The molecule has 1 aliphatic rings. The van der Waals surface area contributed by atoms with E-state index in [1.807, 2.05) is 6.92 Å². The fourth-order valence-corrected chi connectivity index (χ4v) is 4.88. The number of hydrogen-bond acceptors (Lipinski definition) is 6. The van der Waals surface area contributed by atoms with Gasteiger partial charge >= 0.3 is 0 Å². The zero-order chi connectivity index (χ0) is 24.5. The van der Waals surface area contributed by atoms with Gasteiger partial charge in [-0.2, -0.15) is 0 Å². The van der Waals surface area contributed by atoms with Crippen LogP contribution in [0.4, 0.5) is 15.8 Å². The Balaban J connectivity index is 1.54. The van der Waals surface area contributed by atoms with Crippen LogP contribution in [-0.2, 0) is 16.1 Å². The molecule has 186 valence electrons. The van der Waals surface area contributed by atoms with E-state index in [-0.39, 0.29) is 11.7 Å². The number of likely N-dealkylation sites (N-methyl/N-ethyl adjacent to an activating group) is 1. The Kier molecular flexibility index (Phi) is 9.05. The lowest BCUT2D eigenvalue weighted by atomic mass is 10.1. The first-order valence-corrected chi connectivity index (χ1v) is 12.9. The Morgan fingerprint density at radius 1 is 1.11 bits per heavy atom. The molecular weight excluding hydrogens is 465 g/mol. The molecule has 0 saturated carbocycles. The van der Waals surface area contributed by atoms with Gasteiger partial charge in [0.2, 0.25) is 5.91 Å². The summed E-state index contributed by atoms with van der Waals surface area (Å²) in [4.78, 5) is 19.8. The number of morpholine rings is 1. The highest BCUT2D eigenvalue weighted by atomic mass is 32.1. The molecule has 1 aromatic heterocycles. The Labute approximate surface area is 209 Å². The van der Waals surface area contributed by atoms with E-state index in [1.54, 1.807) is 23.5 Å². The first-order valence-electron chi connectivity index (χ1n) is 12.0. The molecule has 0 atom stereocenters. The summed E-state index contributed by atoms with van der Waals surface area (Å²) in [7, 11) is 0. The number of anilines is 1. The van der Waals surface area contributed by atoms with Gasteiger partial charge in [0, 0.05) is 37.2 Å². The third-order valence-electron chi connectivity index (χ3n) is 5.80. The molecule has 4 rings (SSSR count). The zero-order valence-corrected chi connectivity index (χ0v) is 20.8. The number of nitrogens with one attached hydrogen (secondary N) is 2. The highest BCUT2D eigenvalue weighted by molar-refractivity contribution is 7.07. The van der Waals surface area contributed by atoms with Crippen molar-refractivity contribution in [3.8, 4) is 11.3 Å². The van der Waals surface area contributed by atoms with Gasteiger partial charge in [-0.3, -0.25) is 4.79 Å². The number of ether oxygens (including phenoxy) is 1. The molecule has 0 bridgehead atoms. The second-order valence-corrected chi connectivity index (χ2v) is 9.11. The standard InChI is InChI=1S/C26H32FN5O2S/c1-2-28-18-25(33)29-12-3-13-32-24(19-35-26(32)30-22-8-6-21(27)7-9-22)20-4-10-23(11-5-20)31-14-16-34-17-15-31/h4-11,19,28H,2-3,12-18H2,1H3,(H,29,33)/b30-26-. The summed E-state index contributed by atoms with van der Waals surface area (Å²) >= 11 is 1.56. The largest absolute Gasteiger partial charge is 0.378 e. The lowest BCUT2D eigenvalue weighted by Crippen LogP contribution is -2.36. The number of carbonyl (C=O) groups is 1. The number of benzene rings is 2. The van der Waals surface area contributed by atoms with Crippen LogP contribution < -0.4 is 20.3 Å². The van der Waals surface area contributed by atoms with E-state index in [2.05, 4.69) is 49.7 Å². The van der Waals surface area contributed by atoms with Gasteiger partial charge in [-0.05, 0) is 54.9 Å². The van der Waals surface area contributed by atoms with Gasteiger partial charge in [-0.1, -0.05) is 19.1 Å². The molecule has 2 aromatic carbocycles. The predicted molar refractivity (Wildman–Crippen MR) is 139 cm³/mol. The second kappa shape index (κ2) is 12.6. The third kappa shape index (κ3) is 7.00. The molecule has 0 aliphatic carbocycles. The Hall–Kier alpha value is -3.01. The van der Waals surface area contributed by atoms with Crippen molar-refractivity contribution in [2.45, 2.75) is 19.9 Å². The average Bonchev–Trinajstić information content (AvgIpc) is 3.29. The lowest BCUT2D eigenvalue weighted by molar-refractivity contribution is -0.120. The highest BCUT2D eigenvalue weighted by Gasteiger charge is 2.13. The summed E-state index contributed by atoms with van der Waals surface area (Å²) in [6.07, 6.45) is 0.768. The molecule has 1 aliphatic heterocycles. The SMILES string of the molecule is CCNCC(=O)NCCCn1c(-c2ccc(N3CCOCC3)cc2)cs/c1=N\c1ccc(F)cc1. The number of halogens is 1. The number of rotatable bonds is 10. The minimum absolute atomic E-state index is 0.00248. The van der Waals surface area contributed by atoms with E-state index < -0.39 is 0 Å². The monoisotopic (exact) mass is 497 g/mol. The highest BCUT2D eigenvalue weighted by Crippen LogP contribution is 2.25. The van der Waals surface area contributed by atoms with Crippen LogP contribution in [0.25, 0.3) is 11.3 Å². The first-order chi connectivity index (χ1) is 17.1. The van der Waals surface area contributed by atoms with E-state index >= 15 is 0 Å². The van der Waals surface area contributed by atoms with Crippen molar-refractivity contribution in [2.24, 2.45) is 4.99 Å². The normalized spacial score (nSPS) is 14.3. The average molecular weight is 498 g/mol. The van der Waals surface area contributed by atoms with Crippen molar-refractivity contribution >= 4 is 28.6 Å². The quantitative estimate of drug-likeness (QED) is 0.421. The molecule has 0 unspecified atom stereocenters. The third-order valence-corrected chi connectivity index (χ3v) is 6.67. The van der Waals surface area contributed by atoms with Crippen LogP contribution in [0.1, 0.15) is 13.3 Å². The van der Waals surface area contributed by atoms with Crippen LogP contribution in [0.5, 0.6) is 0 Å². The van der Waals surface area contributed by atoms with Crippen LogP contribution in [-0.4, -0.2) is 56.4 Å². The van der Waals surface area contributed by atoms with Crippen LogP contribution in [0, 0.1) is 5.82 Å². The summed E-state index contributed by atoms with van der Waals surface area (Å²) in [5.74, 6) is -0.283. The van der Waals surface area contributed by atoms with Crippen LogP contribution in [0.2, 0.25) is 0 Å². The fourth-order valence-electron chi connectivity index (χ4n) is 3.92. The van der Waals surface area contributed by atoms with Crippen molar-refractivity contribution in [3.63, 3.8) is 0 Å². The van der Waals surface area contributed by atoms with Gasteiger partial charge in [0.15, 0.2) is 4.80 Å². The minimum atomic E-state index is -0.280. The van der Waals surface area contributed by atoms with Crippen LogP contribution >= 0.6 is 11.3 Å². The number of amides is 1. The summed E-state index contributed by atoms with van der Waals surface area (Å²) < 4.78 is 21.0. The fraction of sp³-hybridized carbons (Fsp3) is 0.385. The van der Waals surface area contributed by atoms with E-state index in [9.17, 15) is 9.18 Å². The summed E-state index contributed by atoms with van der Waals surface area (Å²) in [6, 6.07) is 14.8.